The Hall–Kier alpha value is -1.14. The molecule has 0 atom stereocenters. The average molecular weight is 375 g/mol. The fourth-order valence-electron chi connectivity index (χ4n) is 1.72. The van der Waals surface area contributed by atoms with Gasteiger partial charge >= 0.3 is 0 Å². The molecule has 0 amide bonds. The van der Waals surface area contributed by atoms with Crippen molar-refractivity contribution in [3.05, 3.63) is 35.7 Å². The number of benzene rings is 1. The van der Waals surface area contributed by atoms with Crippen molar-refractivity contribution < 1.29 is 0 Å². The van der Waals surface area contributed by atoms with Gasteiger partial charge in [0.05, 0.1) is 0 Å². The average Bonchev–Trinajstić information content (AvgIpc) is 2.44. The summed E-state index contributed by atoms with van der Waals surface area (Å²) >= 11 is 17.8. The van der Waals surface area contributed by atoms with Crippen LogP contribution in [0.4, 0.5) is 5.95 Å². The third-order valence-corrected chi connectivity index (χ3v) is 3.41. The molecule has 0 aliphatic rings. The van der Waals surface area contributed by atoms with E-state index in [1.165, 1.54) is 0 Å². The van der Waals surface area contributed by atoms with Gasteiger partial charge in [-0.3, -0.25) is 0 Å². The highest BCUT2D eigenvalue weighted by Crippen LogP contribution is 2.36. The lowest BCUT2D eigenvalue weighted by molar-refractivity contribution is 0.547. The lowest BCUT2D eigenvalue weighted by Crippen LogP contribution is -2.40. The van der Waals surface area contributed by atoms with Crippen LogP contribution >= 0.6 is 34.8 Å². The molecule has 0 radical (unpaired) electrons. The van der Waals surface area contributed by atoms with Gasteiger partial charge in [0.25, 0.3) is 0 Å². The van der Waals surface area contributed by atoms with E-state index in [1.54, 1.807) is 0 Å². The molecule has 1 aromatic carbocycles. The molecule has 0 unspecified atom stereocenters. The maximum Gasteiger partial charge on any atom is 0.250 e. The van der Waals surface area contributed by atoms with Crippen molar-refractivity contribution in [3.63, 3.8) is 0 Å². The monoisotopic (exact) mass is 373 g/mol. The van der Waals surface area contributed by atoms with Gasteiger partial charge in [-0.2, -0.15) is 9.97 Å². The van der Waals surface area contributed by atoms with E-state index in [2.05, 4.69) is 20.3 Å². The number of anilines is 1. The number of hydrogen-bond donors (Lipinski definition) is 2. The Bertz CT molecular complexity index is 675. The van der Waals surface area contributed by atoms with Crippen LogP contribution in [-0.2, 0) is 3.79 Å². The first-order valence-electron chi connectivity index (χ1n) is 6.98. The number of alkyl halides is 3. The molecule has 1 heterocycles. The summed E-state index contributed by atoms with van der Waals surface area (Å²) in [6.45, 7) is 6.24. The number of aromatic nitrogens is 3. The molecule has 8 heteroatoms. The van der Waals surface area contributed by atoms with Gasteiger partial charge in [-0.05, 0) is 20.8 Å². The lowest BCUT2D eigenvalue weighted by atomic mass is 10.1. The largest absolute Gasteiger partial charge is 0.352 e. The lowest BCUT2D eigenvalue weighted by Gasteiger charge is -2.20. The minimum Gasteiger partial charge on any atom is -0.352 e. The Morgan fingerprint density at radius 2 is 1.65 bits per heavy atom. The molecule has 0 saturated carbocycles. The first kappa shape index (κ1) is 18.2. The Morgan fingerprint density at radius 1 is 1.04 bits per heavy atom. The fraction of sp³-hybridized carbons (Fsp3) is 0.400. The standard InChI is InChI=1S/C15H18Cl3N5/c1-9-4-6-10(7-5-9)11-21-12(15(16,17)18)23-13(22-11)20-8-14(2,3)19/h4-7H,8,19H2,1-3H3,(H,20,21,22,23). The van der Waals surface area contributed by atoms with Crippen LogP contribution < -0.4 is 11.1 Å². The molecule has 0 bridgehead atoms. The first-order valence-corrected chi connectivity index (χ1v) is 8.11. The molecule has 3 N–H and O–H groups in total. The maximum absolute atomic E-state index is 5.96. The highest BCUT2D eigenvalue weighted by molar-refractivity contribution is 6.66. The van der Waals surface area contributed by atoms with Gasteiger partial charge in [-0.25, -0.2) is 4.98 Å². The van der Waals surface area contributed by atoms with E-state index in [0.717, 1.165) is 11.1 Å². The molecule has 23 heavy (non-hydrogen) atoms. The van der Waals surface area contributed by atoms with Gasteiger partial charge in [0.1, 0.15) is 0 Å². The third-order valence-electron chi connectivity index (χ3n) is 2.90. The molecule has 0 spiro atoms. The number of hydrogen-bond acceptors (Lipinski definition) is 5. The summed E-state index contributed by atoms with van der Waals surface area (Å²) in [6.07, 6.45) is 0. The van der Waals surface area contributed by atoms with Gasteiger partial charge < -0.3 is 11.1 Å². The van der Waals surface area contributed by atoms with Crippen molar-refractivity contribution in [2.45, 2.75) is 30.1 Å². The number of nitrogens with one attached hydrogen (secondary N) is 1. The second-order valence-electron chi connectivity index (χ2n) is 6.01. The van der Waals surface area contributed by atoms with Crippen LogP contribution in [0.3, 0.4) is 0 Å². The predicted octanol–water partition coefficient (Wildman–Crippen LogP) is 3.82. The number of rotatable bonds is 4. The van der Waals surface area contributed by atoms with Gasteiger partial charge in [0.15, 0.2) is 11.6 Å². The summed E-state index contributed by atoms with van der Waals surface area (Å²) in [7, 11) is 0. The summed E-state index contributed by atoms with van der Waals surface area (Å²) in [5.74, 6) is 0.805. The van der Waals surface area contributed by atoms with E-state index in [0.29, 0.717) is 18.3 Å². The van der Waals surface area contributed by atoms with Crippen LogP contribution in [0, 0.1) is 6.92 Å². The topological polar surface area (TPSA) is 76.7 Å². The van der Waals surface area contributed by atoms with Crippen molar-refractivity contribution in [2.24, 2.45) is 5.73 Å². The van der Waals surface area contributed by atoms with Crippen molar-refractivity contribution in [2.75, 3.05) is 11.9 Å². The molecule has 124 valence electrons. The van der Waals surface area contributed by atoms with E-state index < -0.39 is 9.33 Å². The van der Waals surface area contributed by atoms with Gasteiger partial charge in [0, 0.05) is 17.6 Å². The Labute approximate surface area is 150 Å². The molecule has 0 aliphatic heterocycles. The van der Waals surface area contributed by atoms with E-state index >= 15 is 0 Å². The summed E-state index contributed by atoms with van der Waals surface area (Å²) in [4.78, 5) is 12.8. The molecule has 1 aromatic heterocycles. The smallest absolute Gasteiger partial charge is 0.250 e. The van der Waals surface area contributed by atoms with Crippen molar-refractivity contribution >= 4 is 40.8 Å². The molecule has 2 aromatic rings. The second kappa shape index (κ2) is 6.77. The van der Waals surface area contributed by atoms with Crippen LogP contribution in [0.2, 0.25) is 0 Å². The highest BCUT2D eigenvalue weighted by Gasteiger charge is 2.28. The van der Waals surface area contributed by atoms with Crippen LogP contribution in [0.15, 0.2) is 24.3 Å². The normalized spacial score (nSPS) is 12.3. The maximum atomic E-state index is 5.96. The van der Waals surface area contributed by atoms with E-state index in [4.69, 9.17) is 40.5 Å². The number of nitrogens with two attached hydrogens (primary N) is 1. The molecule has 0 aliphatic carbocycles. The van der Waals surface area contributed by atoms with Gasteiger partial charge in [0.2, 0.25) is 9.74 Å². The minimum absolute atomic E-state index is 0.0606. The van der Waals surface area contributed by atoms with Crippen LogP contribution in [-0.4, -0.2) is 27.0 Å². The zero-order valence-electron chi connectivity index (χ0n) is 13.1. The van der Waals surface area contributed by atoms with Crippen LogP contribution in [0.5, 0.6) is 0 Å². The molecular formula is C15H18Cl3N5. The SMILES string of the molecule is Cc1ccc(-c2nc(NCC(C)(C)N)nc(C(Cl)(Cl)Cl)n2)cc1. The second-order valence-corrected chi connectivity index (χ2v) is 8.29. The van der Waals surface area contributed by atoms with Gasteiger partial charge in [-0.1, -0.05) is 64.6 Å². The summed E-state index contributed by atoms with van der Waals surface area (Å²) < 4.78 is -1.74. The summed E-state index contributed by atoms with van der Waals surface area (Å²) in [5.41, 5.74) is 7.47. The Balaban J connectivity index is 2.43. The minimum atomic E-state index is -1.74. The fourth-order valence-corrected chi connectivity index (χ4v) is 1.97. The summed E-state index contributed by atoms with van der Waals surface area (Å²) in [5, 5.41) is 3.06. The highest BCUT2D eigenvalue weighted by atomic mass is 35.6. The third kappa shape index (κ3) is 5.46. The molecule has 0 saturated heterocycles. The molecule has 5 nitrogen and oxygen atoms in total. The predicted molar refractivity (Wildman–Crippen MR) is 96.0 cm³/mol. The summed E-state index contributed by atoms with van der Waals surface area (Å²) in [6, 6.07) is 7.74. The number of halogens is 3. The van der Waals surface area contributed by atoms with Crippen LogP contribution in [0.1, 0.15) is 25.2 Å². The first-order chi connectivity index (χ1) is 10.5. The van der Waals surface area contributed by atoms with E-state index in [-0.39, 0.29) is 5.82 Å². The zero-order chi connectivity index (χ0) is 17.3. The van der Waals surface area contributed by atoms with E-state index in [9.17, 15) is 0 Å². The Kier molecular flexibility index (Phi) is 5.36. The quantitative estimate of drug-likeness (QED) is 0.795. The molecule has 0 fully saturated rings. The van der Waals surface area contributed by atoms with Gasteiger partial charge in [-0.15, -0.1) is 0 Å². The van der Waals surface area contributed by atoms with Crippen molar-refractivity contribution in [1.82, 2.24) is 15.0 Å². The molecule has 2 rings (SSSR count). The Morgan fingerprint density at radius 3 is 2.17 bits per heavy atom. The van der Waals surface area contributed by atoms with Crippen molar-refractivity contribution in [3.8, 4) is 11.4 Å². The molecular weight excluding hydrogens is 357 g/mol. The number of nitrogens with zero attached hydrogens (tertiary/aromatic N) is 3. The van der Waals surface area contributed by atoms with Crippen molar-refractivity contribution in [1.29, 1.82) is 0 Å². The van der Waals surface area contributed by atoms with Crippen LogP contribution in [0.25, 0.3) is 11.4 Å². The zero-order valence-corrected chi connectivity index (χ0v) is 15.3. The number of aryl methyl sites for hydroxylation is 1. The van der Waals surface area contributed by atoms with E-state index in [1.807, 2.05) is 45.0 Å².